The van der Waals surface area contributed by atoms with Crippen molar-refractivity contribution in [3.05, 3.63) is 12.2 Å². The van der Waals surface area contributed by atoms with E-state index in [0.29, 0.717) is 26.2 Å². The van der Waals surface area contributed by atoms with Gasteiger partial charge in [0.15, 0.2) is 0 Å². The molecule has 0 unspecified atom stereocenters. The topological polar surface area (TPSA) is 52.7 Å². The molecule has 0 aliphatic heterocycles. The van der Waals surface area contributed by atoms with Crippen LogP contribution in [0, 0.1) is 0 Å². The number of hydrogen-bond donors (Lipinski definition) is 1. The van der Waals surface area contributed by atoms with Gasteiger partial charge in [-0.25, -0.2) is 0 Å². The summed E-state index contributed by atoms with van der Waals surface area (Å²) < 4.78 is 0. The van der Waals surface area contributed by atoms with Crippen molar-refractivity contribution >= 4 is 11.8 Å². The summed E-state index contributed by atoms with van der Waals surface area (Å²) in [6.07, 6.45) is 0. The summed E-state index contributed by atoms with van der Waals surface area (Å²) in [5.41, 5.74) is 0.960. The Morgan fingerprint density at radius 1 is 1.05 bits per heavy atom. The lowest BCUT2D eigenvalue weighted by Crippen LogP contribution is -2.44. The fourth-order valence-corrected chi connectivity index (χ4v) is 1.73. The van der Waals surface area contributed by atoms with Crippen molar-refractivity contribution in [2.75, 3.05) is 39.3 Å². The van der Waals surface area contributed by atoms with Gasteiger partial charge in [-0.05, 0) is 27.3 Å². The molecule has 0 radical (unpaired) electrons. The predicted molar refractivity (Wildman–Crippen MR) is 77.9 cm³/mol. The molecule has 1 N–H and O–H groups in total. The van der Waals surface area contributed by atoms with Crippen molar-refractivity contribution in [1.82, 2.24) is 15.1 Å². The molecular formula is C14H27N3O2. The first-order valence-electron chi connectivity index (χ1n) is 6.85. The first kappa shape index (κ1) is 17.6. The molecule has 0 spiro atoms. The summed E-state index contributed by atoms with van der Waals surface area (Å²) >= 11 is 0. The minimum Gasteiger partial charge on any atom is -0.355 e. The summed E-state index contributed by atoms with van der Waals surface area (Å²) in [5, 5.41) is 2.74. The molecule has 0 aromatic heterocycles. The highest BCUT2D eigenvalue weighted by Gasteiger charge is 2.17. The zero-order chi connectivity index (χ0) is 14.8. The summed E-state index contributed by atoms with van der Waals surface area (Å²) in [7, 11) is 0. The minimum absolute atomic E-state index is 0.0386. The zero-order valence-corrected chi connectivity index (χ0v) is 12.7. The van der Waals surface area contributed by atoms with E-state index in [0.717, 1.165) is 5.57 Å². The Kier molecular flexibility index (Phi) is 8.87. The van der Waals surface area contributed by atoms with E-state index in [9.17, 15) is 9.59 Å². The smallest absolute Gasteiger partial charge is 0.237 e. The highest BCUT2D eigenvalue weighted by molar-refractivity contribution is 5.81. The van der Waals surface area contributed by atoms with E-state index in [1.807, 2.05) is 32.6 Å². The molecule has 5 nitrogen and oxygen atoms in total. The number of hydrogen-bond acceptors (Lipinski definition) is 3. The average molecular weight is 269 g/mol. The monoisotopic (exact) mass is 269 g/mol. The molecule has 19 heavy (non-hydrogen) atoms. The molecule has 110 valence electrons. The molecule has 0 fully saturated rings. The molecule has 0 saturated carbocycles. The van der Waals surface area contributed by atoms with Crippen LogP contribution in [0.4, 0.5) is 0 Å². The maximum absolute atomic E-state index is 12.1. The van der Waals surface area contributed by atoms with Gasteiger partial charge in [-0.2, -0.15) is 0 Å². The summed E-state index contributed by atoms with van der Waals surface area (Å²) in [5.74, 6) is -0.00301. The van der Waals surface area contributed by atoms with Gasteiger partial charge in [0.05, 0.1) is 13.1 Å². The fraction of sp³-hybridized carbons (Fsp3) is 0.714. The molecule has 0 atom stereocenters. The van der Waals surface area contributed by atoms with E-state index in [2.05, 4.69) is 11.9 Å². The molecule has 0 aliphatic rings. The van der Waals surface area contributed by atoms with E-state index in [1.54, 1.807) is 4.90 Å². The molecule has 0 aliphatic carbocycles. The van der Waals surface area contributed by atoms with Crippen LogP contribution in [0.5, 0.6) is 0 Å². The van der Waals surface area contributed by atoms with Crippen LogP contribution >= 0.6 is 0 Å². The molecular weight excluding hydrogens is 242 g/mol. The highest BCUT2D eigenvalue weighted by Crippen LogP contribution is 1.99. The van der Waals surface area contributed by atoms with Gasteiger partial charge in [0.2, 0.25) is 11.8 Å². The maximum Gasteiger partial charge on any atom is 0.237 e. The standard InChI is InChI=1S/C14H27N3O2/c1-6-15-13(18)10-16(7-2)11-14(19)17(8-3)9-12(4)5/h4,6-11H2,1-3,5H3,(H,15,18). The van der Waals surface area contributed by atoms with Crippen molar-refractivity contribution in [3.8, 4) is 0 Å². The summed E-state index contributed by atoms with van der Waals surface area (Å²) in [6.45, 7) is 14.6. The van der Waals surface area contributed by atoms with Crippen molar-refractivity contribution in [1.29, 1.82) is 0 Å². The van der Waals surface area contributed by atoms with Gasteiger partial charge in [-0.1, -0.05) is 19.1 Å². The Hall–Kier alpha value is -1.36. The molecule has 0 aromatic rings. The number of carbonyl (C=O) groups excluding carboxylic acids is 2. The van der Waals surface area contributed by atoms with Crippen LogP contribution in [0.15, 0.2) is 12.2 Å². The Labute approximate surface area is 116 Å². The normalized spacial score (nSPS) is 10.4. The predicted octanol–water partition coefficient (Wildman–Crippen LogP) is 0.869. The van der Waals surface area contributed by atoms with E-state index >= 15 is 0 Å². The van der Waals surface area contributed by atoms with Crippen LogP contribution in [0.1, 0.15) is 27.7 Å². The van der Waals surface area contributed by atoms with E-state index in [4.69, 9.17) is 0 Å². The number of rotatable bonds is 9. The maximum atomic E-state index is 12.1. The summed E-state index contributed by atoms with van der Waals surface area (Å²) in [6, 6.07) is 0. The molecule has 0 saturated heterocycles. The second-order valence-corrected chi connectivity index (χ2v) is 4.62. The van der Waals surface area contributed by atoms with Crippen LogP contribution in [0.2, 0.25) is 0 Å². The average Bonchev–Trinajstić information content (AvgIpc) is 2.34. The number of likely N-dealkylation sites (N-methyl/N-ethyl adjacent to an activating group) is 3. The van der Waals surface area contributed by atoms with E-state index in [-0.39, 0.29) is 24.9 Å². The largest absolute Gasteiger partial charge is 0.355 e. The third kappa shape index (κ3) is 7.62. The van der Waals surface area contributed by atoms with Crippen LogP contribution in [-0.4, -0.2) is 60.9 Å². The molecule has 0 rings (SSSR count). The minimum atomic E-state index is -0.0416. The lowest BCUT2D eigenvalue weighted by Gasteiger charge is -2.25. The zero-order valence-electron chi connectivity index (χ0n) is 12.7. The van der Waals surface area contributed by atoms with E-state index in [1.165, 1.54) is 0 Å². The lowest BCUT2D eigenvalue weighted by molar-refractivity contribution is -0.132. The number of nitrogens with one attached hydrogen (secondary N) is 1. The van der Waals surface area contributed by atoms with Gasteiger partial charge in [-0.15, -0.1) is 0 Å². The Balaban J connectivity index is 4.38. The van der Waals surface area contributed by atoms with Crippen molar-refractivity contribution in [3.63, 3.8) is 0 Å². The van der Waals surface area contributed by atoms with Gasteiger partial charge in [0.25, 0.3) is 0 Å². The van der Waals surface area contributed by atoms with Crippen molar-refractivity contribution in [2.45, 2.75) is 27.7 Å². The van der Waals surface area contributed by atoms with Gasteiger partial charge in [-0.3, -0.25) is 14.5 Å². The van der Waals surface area contributed by atoms with Crippen molar-refractivity contribution in [2.24, 2.45) is 0 Å². The van der Waals surface area contributed by atoms with Gasteiger partial charge in [0.1, 0.15) is 0 Å². The van der Waals surface area contributed by atoms with E-state index < -0.39 is 0 Å². The van der Waals surface area contributed by atoms with Crippen molar-refractivity contribution < 1.29 is 9.59 Å². The third-order valence-electron chi connectivity index (χ3n) is 2.74. The van der Waals surface area contributed by atoms with Gasteiger partial charge >= 0.3 is 0 Å². The number of carbonyl (C=O) groups is 2. The summed E-state index contributed by atoms with van der Waals surface area (Å²) in [4.78, 5) is 27.2. The fourth-order valence-electron chi connectivity index (χ4n) is 1.73. The Morgan fingerprint density at radius 2 is 1.68 bits per heavy atom. The molecule has 0 bridgehead atoms. The van der Waals surface area contributed by atoms with Crippen LogP contribution in [0.3, 0.4) is 0 Å². The third-order valence-corrected chi connectivity index (χ3v) is 2.74. The highest BCUT2D eigenvalue weighted by atomic mass is 16.2. The Morgan fingerprint density at radius 3 is 2.11 bits per heavy atom. The van der Waals surface area contributed by atoms with Crippen LogP contribution < -0.4 is 5.32 Å². The first-order chi connectivity index (χ1) is 8.94. The first-order valence-corrected chi connectivity index (χ1v) is 6.85. The quantitative estimate of drug-likeness (QED) is 0.632. The second-order valence-electron chi connectivity index (χ2n) is 4.62. The lowest BCUT2D eigenvalue weighted by atomic mass is 10.3. The van der Waals surface area contributed by atoms with Gasteiger partial charge < -0.3 is 10.2 Å². The van der Waals surface area contributed by atoms with Gasteiger partial charge in [0, 0.05) is 19.6 Å². The SMILES string of the molecule is C=C(C)CN(CC)C(=O)CN(CC)CC(=O)NCC. The molecule has 0 aromatic carbocycles. The van der Waals surface area contributed by atoms with Crippen LogP contribution in [0.25, 0.3) is 0 Å². The Bertz CT molecular complexity index is 316. The number of amides is 2. The van der Waals surface area contributed by atoms with Crippen LogP contribution in [-0.2, 0) is 9.59 Å². The molecule has 0 heterocycles. The molecule has 5 heteroatoms. The second kappa shape index (κ2) is 9.55. The number of nitrogens with zero attached hydrogens (tertiary/aromatic N) is 2. The molecule has 2 amide bonds.